The van der Waals surface area contributed by atoms with Gasteiger partial charge in [0.2, 0.25) is 5.95 Å². The summed E-state index contributed by atoms with van der Waals surface area (Å²) >= 11 is 2.16. The van der Waals surface area contributed by atoms with Gasteiger partial charge in [0.1, 0.15) is 14.7 Å². The predicted octanol–water partition coefficient (Wildman–Crippen LogP) is 7.37. The van der Waals surface area contributed by atoms with Crippen LogP contribution in [0.4, 0.5) is 21.4 Å². The van der Waals surface area contributed by atoms with Gasteiger partial charge in [0.25, 0.3) is 8.32 Å². The topological polar surface area (TPSA) is 157 Å². The van der Waals surface area contributed by atoms with E-state index >= 15 is 0 Å². The number of carboxylic acid groups (broad SMARTS) is 1. The Morgan fingerprint density at radius 2 is 1.70 bits per heavy atom. The number of rotatable bonds is 14. The van der Waals surface area contributed by atoms with Crippen LogP contribution in [0.5, 0.6) is 0 Å². The van der Waals surface area contributed by atoms with Crippen LogP contribution in [0.1, 0.15) is 64.6 Å². The molecule has 3 N–H and O–H groups in total. The van der Waals surface area contributed by atoms with Crippen molar-refractivity contribution in [1.29, 1.82) is 0 Å². The second-order valence-corrected chi connectivity index (χ2v) is 20.2. The summed E-state index contributed by atoms with van der Waals surface area (Å²) in [6, 6.07) is 25.2. The number of methoxy groups -OCH3 is 1. The van der Waals surface area contributed by atoms with Gasteiger partial charge >= 0.3 is 12.2 Å². The van der Waals surface area contributed by atoms with Crippen LogP contribution in [0.2, 0.25) is 5.04 Å². The van der Waals surface area contributed by atoms with Crippen molar-refractivity contribution in [1.82, 2.24) is 29.6 Å². The van der Waals surface area contributed by atoms with Crippen molar-refractivity contribution in [3.8, 4) is 0 Å². The van der Waals surface area contributed by atoms with Gasteiger partial charge in [-0.25, -0.2) is 14.6 Å². The van der Waals surface area contributed by atoms with Gasteiger partial charge in [0, 0.05) is 31.9 Å². The number of hydrogen-bond donors (Lipinski definition) is 3. The van der Waals surface area contributed by atoms with E-state index in [0.717, 1.165) is 29.7 Å². The summed E-state index contributed by atoms with van der Waals surface area (Å²) in [5, 5.41) is 22.9. The fraction of sp³-hybridized carbons (Fsp3) is 0.366. The van der Waals surface area contributed by atoms with E-state index in [1.54, 1.807) is 0 Å². The van der Waals surface area contributed by atoms with Gasteiger partial charge in [-0.3, -0.25) is 15.0 Å². The molecule has 0 fully saturated rings. The minimum atomic E-state index is -2.74. The number of carbonyl (C=O) groups is 2. The number of aromatic nitrogens is 5. The highest BCUT2D eigenvalue weighted by Crippen LogP contribution is 2.37. The molecule has 13 nitrogen and oxygen atoms in total. The number of halogens is 1. The highest BCUT2D eigenvalue weighted by atomic mass is 127. The molecular weight excluding hydrogens is 839 g/mol. The van der Waals surface area contributed by atoms with Crippen molar-refractivity contribution in [2.24, 2.45) is 0 Å². The third kappa shape index (κ3) is 9.05. The number of anilines is 2. The second-order valence-electron chi connectivity index (χ2n) is 14.8. The molecule has 1 atom stereocenters. The lowest BCUT2D eigenvalue weighted by atomic mass is 10.0. The number of ether oxygens (including phenoxy) is 1. The summed E-state index contributed by atoms with van der Waals surface area (Å²) in [7, 11) is -1.44. The normalized spacial score (nSPS) is 14.0. The smallest absolute Gasteiger partial charge is 0.413 e. The van der Waals surface area contributed by atoms with Crippen LogP contribution in [-0.2, 0) is 15.7 Å². The second kappa shape index (κ2) is 17.9. The molecule has 6 rings (SSSR count). The fourth-order valence-electron chi connectivity index (χ4n) is 7.36. The molecule has 0 aliphatic carbocycles. The lowest BCUT2D eigenvalue weighted by molar-refractivity contribution is 0.150. The molecule has 2 aromatic carbocycles. The van der Waals surface area contributed by atoms with Crippen molar-refractivity contribution in [3.63, 3.8) is 0 Å². The highest BCUT2D eigenvalue weighted by molar-refractivity contribution is 14.1. The van der Waals surface area contributed by atoms with Crippen LogP contribution in [-0.4, -0.2) is 88.1 Å². The molecule has 15 heteroatoms. The van der Waals surface area contributed by atoms with E-state index in [1.807, 2.05) is 41.2 Å². The molecule has 1 unspecified atom stereocenters. The molecule has 4 heterocycles. The van der Waals surface area contributed by atoms with Crippen molar-refractivity contribution in [2.45, 2.75) is 71.0 Å². The molecule has 1 aliphatic heterocycles. The summed E-state index contributed by atoms with van der Waals surface area (Å²) in [6.45, 7) is 10.7. The molecule has 0 bridgehead atoms. The van der Waals surface area contributed by atoms with E-state index in [0.29, 0.717) is 59.6 Å². The first-order valence-corrected chi connectivity index (χ1v) is 21.8. The highest BCUT2D eigenvalue weighted by Gasteiger charge is 2.50. The monoisotopic (exact) mass is 888 g/mol. The van der Waals surface area contributed by atoms with Crippen LogP contribution in [0, 0.1) is 3.70 Å². The standard InChI is InChI=1S/C41H49IN8O5Si/c1-6-13-30(22-25-55-56(41(2,3)4,31-14-9-7-10-15-31)32-16-11-8-12-17-32)44-37-35-34(45-38(46-37)47-39(51)54-5)36(42)48-50(35)27-28-18-19-33(43-26-28)29-20-23-49(24-21-29)40(52)53/h7-12,14-20,26,30H,6,13,21-25,27H2,1-5H3,(H,52,53)(H2,44,45,46,47,51). The number of carbonyl (C=O) groups excluding carboxylic acids is 1. The lowest BCUT2D eigenvalue weighted by Crippen LogP contribution is -2.66. The Balaban J connectivity index is 1.29. The van der Waals surface area contributed by atoms with E-state index < -0.39 is 20.5 Å². The van der Waals surface area contributed by atoms with Crippen molar-refractivity contribution in [2.75, 3.05) is 37.4 Å². The van der Waals surface area contributed by atoms with Crippen molar-refractivity contribution >= 4 is 81.8 Å². The van der Waals surface area contributed by atoms with Gasteiger partial charge in [0.05, 0.1) is 19.3 Å². The summed E-state index contributed by atoms with van der Waals surface area (Å²) < 4.78 is 14.7. The predicted molar refractivity (Wildman–Crippen MR) is 230 cm³/mol. The fourth-order valence-corrected chi connectivity index (χ4v) is 12.6. The number of hydrogen-bond acceptors (Lipinski definition) is 9. The minimum Gasteiger partial charge on any atom is -0.465 e. The summed E-state index contributed by atoms with van der Waals surface area (Å²) in [4.78, 5) is 39.3. The third-order valence-corrected chi connectivity index (χ3v) is 15.9. The maximum absolute atomic E-state index is 12.3. The van der Waals surface area contributed by atoms with Crippen LogP contribution in [0.3, 0.4) is 0 Å². The van der Waals surface area contributed by atoms with Gasteiger partial charge in [-0.15, -0.1) is 0 Å². The molecule has 0 saturated carbocycles. The Kier molecular flexibility index (Phi) is 13.1. The van der Waals surface area contributed by atoms with E-state index in [-0.39, 0.29) is 17.0 Å². The van der Waals surface area contributed by atoms with Crippen molar-refractivity contribution in [3.05, 3.63) is 100 Å². The zero-order chi connectivity index (χ0) is 39.9. The number of nitrogens with zero attached hydrogens (tertiary/aromatic N) is 6. The number of benzene rings is 2. The van der Waals surface area contributed by atoms with E-state index in [9.17, 15) is 14.7 Å². The maximum atomic E-state index is 12.3. The SMILES string of the molecule is CCCC(CCO[Si](c1ccccc1)(c1ccccc1)C(C)(C)C)Nc1nc(NC(=O)OC)nc2c(I)nn(Cc3ccc(C4=CCN(C(=O)O)CC4)nc3)c12. The average molecular weight is 889 g/mol. The molecule has 5 aromatic rings. The maximum Gasteiger partial charge on any atom is 0.413 e. The molecule has 294 valence electrons. The van der Waals surface area contributed by atoms with E-state index in [4.69, 9.17) is 24.2 Å². The Morgan fingerprint density at radius 3 is 2.25 bits per heavy atom. The largest absolute Gasteiger partial charge is 0.465 e. The number of pyridine rings is 1. The molecule has 0 spiro atoms. The quantitative estimate of drug-likeness (QED) is 0.0761. The Hall–Kier alpha value is -4.87. The molecule has 3 aromatic heterocycles. The molecule has 0 radical (unpaired) electrons. The summed E-state index contributed by atoms with van der Waals surface area (Å²) in [5.41, 5.74) is 4.06. The van der Waals surface area contributed by atoms with Gasteiger partial charge in [-0.05, 0) is 74.5 Å². The number of amides is 2. The molecule has 2 amide bonds. The molecule has 56 heavy (non-hydrogen) atoms. The molecular formula is C41H49IN8O5Si. The Morgan fingerprint density at radius 1 is 1.00 bits per heavy atom. The first-order valence-electron chi connectivity index (χ1n) is 18.9. The summed E-state index contributed by atoms with van der Waals surface area (Å²) in [6.07, 6.45) is 5.26. The Labute approximate surface area is 342 Å². The van der Waals surface area contributed by atoms with Gasteiger partial charge < -0.3 is 24.5 Å². The minimum absolute atomic E-state index is 0.0231. The van der Waals surface area contributed by atoms with Crippen LogP contribution in [0.25, 0.3) is 16.6 Å². The van der Waals surface area contributed by atoms with Gasteiger partial charge in [-0.1, -0.05) is 107 Å². The lowest BCUT2D eigenvalue weighted by Gasteiger charge is -2.43. The summed E-state index contributed by atoms with van der Waals surface area (Å²) in [5.74, 6) is 0.650. The first kappa shape index (κ1) is 40.8. The van der Waals surface area contributed by atoms with Crippen LogP contribution < -0.4 is 21.0 Å². The molecule has 0 saturated heterocycles. The third-order valence-electron chi connectivity index (χ3n) is 10.1. The Bertz CT molecular complexity index is 2120. The first-order chi connectivity index (χ1) is 26.9. The van der Waals surface area contributed by atoms with E-state index in [1.165, 1.54) is 22.4 Å². The number of nitrogens with one attached hydrogen (secondary N) is 2. The van der Waals surface area contributed by atoms with Crippen LogP contribution in [0.15, 0.2) is 85.1 Å². The van der Waals surface area contributed by atoms with Gasteiger partial charge in [0.15, 0.2) is 5.82 Å². The van der Waals surface area contributed by atoms with Gasteiger partial charge in [-0.2, -0.15) is 10.1 Å². The average Bonchev–Trinajstić information content (AvgIpc) is 3.51. The zero-order valence-electron chi connectivity index (χ0n) is 32.5. The number of fused-ring (bicyclic) bond motifs is 1. The molecule has 1 aliphatic rings. The zero-order valence-corrected chi connectivity index (χ0v) is 35.6. The van der Waals surface area contributed by atoms with Crippen LogP contribution >= 0.6 is 22.6 Å². The van der Waals surface area contributed by atoms with E-state index in [2.05, 4.69) is 114 Å². The van der Waals surface area contributed by atoms with Crippen molar-refractivity contribution < 1.29 is 23.9 Å².